The van der Waals surface area contributed by atoms with Crippen molar-refractivity contribution in [1.29, 1.82) is 0 Å². The summed E-state index contributed by atoms with van der Waals surface area (Å²) in [6, 6.07) is 1.03. The van der Waals surface area contributed by atoms with Crippen molar-refractivity contribution >= 4 is 5.91 Å². The van der Waals surface area contributed by atoms with E-state index in [9.17, 15) is 4.79 Å². The number of carbonyl (C=O) groups excluding carboxylic acids is 1. The molecule has 1 aliphatic carbocycles. The Hall–Kier alpha value is -0.610. The molecule has 3 aliphatic rings. The van der Waals surface area contributed by atoms with Gasteiger partial charge in [0.25, 0.3) is 0 Å². The molecule has 0 bridgehead atoms. The lowest BCUT2D eigenvalue weighted by Crippen LogP contribution is -2.58. The van der Waals surface area contributed by atoms with E-state index in [1.807, 2.05) is 0 Å². The zero-order valence-electron chi connectivity index (χ0n) is 12.8. The van der Waals surface area contributed by atoms with Gasteiger partial charge in [0.1, 0.15) is 0 Å². The summed E-state index contributed by atoms with van der Waals surface area (Å²) in [6.45, 7) is 6.29. The first kappa shape index (κ1) is 14.3. The molecule has 0 aromatic carbocycles. The molecular weight excluding hydrogens is 250 g/mol. The van der Waals surface area contributed by atoms with Gasteiger partial charge in [0.05, 0.1) is 0 Å². The van der Waals surface area contributed by atoms with Crippen molar-refractivity contribution in [2.75, 3.05) is 26.2 Å². The molecule has 0 aromatic heterocycles. The second kappa shape index (κ2) is 6.02. The van der Waals surface area contributed by atoms with E-state index in [0.717, 1.165) is 45.3 Å². The van der Waals surface area contributed by atoms with Crippen molar-refractivity contribution in [3.8, 4) is 0 Å². The van der Waals surface area contributed by atoms with E-state index >= 15 is 0 Å². The van der Waals surface area contributed by atoms with Crippen LogP contribution in [-0.2, 0) is 4.79 Å². The fraction of sp³-hybridized carbons (Fsp3) is 0.938. The van der Waals surface area contributed by atoms with Crippen LogP contribution in [0.1, 0.15) is 45.4 Å². The molecule has 2 aliphatic heterocycles. The minimum absolute atomic E-state index is 0.271. The van der Waals surface area contributed by atoms with E-state index in [1.54, 1.807) is 0 Å². The van der Waals surface area contributed by atoms with Crippen LogP contribution in [0.2, 0.25) is 0 Å². The Morgan fingerprint density at radius 3 is 2.60 bits per heavy atom. The number of fused-ring (bicyclic) bond motifs is 1. The largest absolute Gasteiger partial charge is 0.337 e. The molecule has 4 nitrogen and oxygen atoms in total. The number of nitrogens with zero attached hydrogens (tertiary/aromatic N) is 2. The molecule has 3 fully saturated rings. The Balaban J connectivity index is 1.59. The van der Waals surface area contributed by atoms with E-state index in [1.165, 1.54) is 19.4 Å². The molecule has 0 aromatic rings. The van der Waals surface area contributed by atoms with Crippen LogP contribution in [0.15, 0.2) is 0 Å². The summed E-state index contributed by atoms with van der Waals surface area (Å²) < 4.78 is 0. The van der Waals surface area contributed by atoms with Crippen LogP contribution in [0.25, 0.3) is 0 Å². The predicted octanol–water partition coefficient (Wildman–Crippen LogP) is 1.45. The van der Waals surface area contributed by atoms with E-state index in [4.69, 9.17) is 5.73 Å². The van der Waals surface area contributed by atoms with Crippen LogP contribution in [0, 0.1) is 11.8 Å². The first-order valence-electron chi connectivity index (χ1n) is 8.43. The Kier molecular flexibility index (Phi) is 4.32. The average molecular weight is 279 g/mol. The van der Waals surface area contributed by atoms with E-state index in [2.05, 4.69) is 16.7 Å². The Morgan fingerprint density at radius 1 is 1.15 bits per heavy atom. The Morgan fingerprint density at radius 2 is 1.90 bits per heavy atom. The van der Waals surface area contributed by atoms with Crippen molar-refractivity contribution in [3.63, 3.8) is 0 Å². The predicted molar refractivity (Wildman–Crippen MR) is 80.3 cm³/mol. The third-order valence-corrected chi connectivity index (χ3v) is 5.75. The summed E-state index contributed by atoms with van der Waals surface area (Å²) in [5, 5.41) is 0. The number of hydrogen-bond acceptors (Lipinski definition) is 3. The molecule has 0 radical (unpaired) electrons. The van der Waals surface area contributed by atoms with Crippen molar-refractivity contribution in [3.05, 3.63) is 0 Å². The molecule has 2 unspecified atom stereocenters. The number of carbonyl (C=O) groups is 1. The van der Waals surface area contributed by atoms with E-state index in [-0.39, 0.29) is 5.92 Å². The number of amides is 1. The smallest absolute Gasteiger partial charge is 0.226 e. The maximum atomic E-state index is 12.8. The number of piperazine rings is 1. The lowest BCUT2D eigenvalue weighted by atomic mass is 9.81. The van der Waals surface area contributed by atoms with Gasteiger partial charge in [0.15, 0.2) is 0 Å². The van der Waals surface area contributed by atoms with Gasteiger partial charge in [-0.3, -0.25) is 9.69 Å². The fourth-order valence-corrected chi connectivity index (χ4v) is 4.37. The third kappa shape index (κ3) is 2.73. The van der Waals surface area contributed by atoms with Crippen LogP contribution in [0.4, 0.5) is 0 Å². The lowest BCUT2D eigenvalue weighted by Gasteiger charge is -2.44. The van der Waals surface area contributed by atoms with Crippen LogP contribution in [0.5, 0.6) is 0 Å². The summed E-state index contributed by atoms with van der Waals surface area (Å²) in [6.07, 6.45) is 6.98. The lowest BCUT2D eigenvalue weighted by molar-refractivity contribution is -0.142. The standard InChI is InChI=1S/C16H29N3O/c1-12-10-18-8-2-3-15(18)11-19(12)16(20)14-6-4-13(9-17)5-7-14/h12-15H,2-11,17H2,1H3. The number of hydrogen-bond donors (Lipinski definition) is 1. The SMILES string of the molecule is CC1CN2CCCC2CN1C(=O)C1CCC(CN)CC1. The molecule has 2 saturated heterocycles. The van der Waals surface area contributed by atoms with Gasteiger partial charge in [-0.2, -0.15) is 0 Å². The van der Waals surface area contributed by atoms with Gasteiger partial charge in [-0.05, 0) is 64.5 Å². The molecule has 3 rings (SSSR count). The molecular formula is C16H29N3O. The average Bonchev–Trinajstić information content (AvgIpc) is 2.93. The fourth-order valence-electron chi connectivity index (χ4n) is 4.37. The van der Waals surface area contributed by atoms with E-state index in [0.29, 0.717) is 23.9 Å². The third-order valence-electron chi connectivity index (χ3n) is 5.75. The highest BCUT2D eigenvalue weighted by Crippen LogP contribution is 2.32. The van der Waals surface area contributed by atoms with Crippen molar-refractivity contribution in [2.24, 2.45) is 17.6 Å². The molecule has 0 spiro atoms. The quantitative estimate of drug-likeness (QED) is 0.832. The molecule has 2 heterocycles. The topological polar surface area (TPSA) is 49.6 Å². The second-order valence-corrected chi connectivity index (χ2v) is 7.08. The summed E-state index contributed by atoms with van der Waals surface area (Å²) in [5.41, 5.74) is 5.75. The van der Waals surface area contributed by atoms with Gasteiger partial charge >= 0.3 is 0 Å². The van der Waals surface area contributed by atoms with Gasteiger partial charge in [-0.1, -0.05) is 0 Å². The molecule has 4 heteroatoms. The summed E-state index contributed by atoms with van der Waals surface area (Å²) in [5.74, 6) is 1.36. The summed E-state index contributed by atoms with van der Waals surface area (Å²) >= 11 is 0. The first-order chi connectivity index (χ1) is 9.69. The highest BCUT2D eigenvalue weighted by atomic mass is 16.2. The normalized spacial score (nSPS) is 38.8. The highest BCUT2D eigenvalue weighted by Gasteiger charge is 2.39. The Bertz CT molecular complexity index is 352. The highest BCUT2D eigenvalue weighted by molar-refractivity contribution is 5.79. The zero-order chi connectivity index (χ0) is 14.1. The van der Waals surface area contributed by atoms with Gasteiger partial charge in [-0.15, -0.1) is 0 Å². The summed E-state index contributed by atoms with van der Waals surface area (Å²) in [7, 11) is 0. The van der Waals surface area contributed by atoms with Gasteiger partial charge < -0.3 is 10.6 Å². The molecule has 2 N–H and O–H groups in total. The minimum atomic E-state index is 0.271. The molecule has 1 saturated carbocycles. The second-order valence-electron chi connectivity index (χ2n) is 7.08. The maximum Gasteiger partial charge on any atom is 0.226 e. The first-order valence-corrected chi connectivity index (χ1v) is 8.43. The summed E-state index contributed by atoms with van der Waals surface area (Å²) in [4.78, 5) is 17.6. The van der Waals surface area contributed by atoms with Crippen LogP contribution < -0.4 is 5.73 Å². The number of nitrogens with two attached hydrogens (primary N) is 1. The van der Waals surface area contributed by atoms with E-state index < -0.39 is 0 Å². The molecule has 2 atom stereocenters. The van der Waals surface area contributed by atoms with Crippen LogP contribution in [0.3, 0.4) is 0 Å². The van der Waals surface area contributed by atoms with Crippen molar-refractivity contribution < 1.29 is 4.79 Å². The van der Waals surface area contributed by atoms with Gasteiger partial charge in [-0.25, -0.2) is 0 Å². The van der Waals surface area contributed by atoms with Gasteiger partial charge in [0, 0.05) is 31.1 Å². The van der Waals surface area contributed by atoms with Crippen LogP contribution in [-0.4, -0.2) is 54.0 Å². The zero-order valence-corrected chi connectivity index (χ0v) is 12.8. The van der Waals surface area contributed by atoms with Gasteiger partial charge in [0.2, 0.25) is 5.91 Å². The Labute approximate surface area is 122 Å². The maximum absolute atomic E-state index is 12.8. The monoisotopic (exact) mass is 279 g/mol. The molecule has 1 amide bonds. The molecule has 114 valence electrons. The number of rotatable bonds is 2. The minimum Gasteiger partial charge on any atom is -0.337 e. The van der Waals surface area contributed by atoms with Crippen LogP contribution >= 0.6 is 0 Å². The van der Waals surface area contributed by atoms with Crippen molar-refractivity contribution in [2.45, 2.75) is 57.5 Å². The molecule has 20 heavy (non-hydrogen) atoms. The van der Waals surface area contributed by atoms with Crippen molar-refractivity contribution in [1.82, 2.24) is 9.80 Å².